The SMILES string of the molecule is CC(C)C1CCC(=O)/C1=C\N(C)C. The van der Waals surface area contributed by atoms with Crippen LogP contribution < -0.4 is 0 Å². The van der Waals surface area contributed by atoms with Gasteiger partial charge in [-0.15, -0.1) is 0 Å². The number of ketones is 1. The van der Waals surface area contributed by atoms with E-state index in [4.69, 9.17) is 0 Å². The lowest BCUT2D eigenvalue weighted by molar-refractivity contribution is -0.114. The van der Waals surface area contributed by atoms with E-state index in [0.29, 0.717) is 17.6 Å². The van der Waals surface area contributed by atoms with Crippen LogP contribution in [0.4, 0.5) is 0 Å². The molecular weight excluding hydrogens is 162 g/mol. The molecule has 74 valence electrons. The average Bonchev–Trinajstić information content (AvgIpc) is 2.32. The van der Waals surface area contributed by atoms with Crippen molar-refractivity contribution < 1.29 is 4.79 Å². The molecule has 2 heteroatoms. The third-order valence-corrected chi connectivity index (χ3v) is 2.61. The number of carbonyl (C=O) groups is 1. The Hall–Kier alpha value is -0.790. The molecule has 1 saturated carbocycles. The predicted octanol–water partition coefficient (Wildman–Crippen LogP) is 2.07. The van der Waals surface area contributed by atoms with E-state index >= 15 is 0 Å². The topological polar surface area (TPSA) is 20.3 Å². The molecule has 0 saturated heterocycles. The fourth-order valence-electron chi connectivity index (χ4n) is 1.93. The van der Waals surface area contributed by atoms with E-state index in [1.807, 2.05) is 25.2 Å². The molecule has 1 atom stereocenters. The second-order valence-electron chi connectivity index (χ2n) is 4.36. The van der Waals surface area contributed by atoms with Crippen LogP contribution in [-0.2, 0) is 4.79 Å². The fourth-order valence-corrected chi connectivity index (χ4v) is 1.93. The largest absolute Gasteiger partial charge is 0.383 e. The van der Waals surface area contributed by atoms with Gasteiger partial charge in [-0.2, -0.15) is 0 Å². The van der Waals surface area contributed by atoms with Crippen molar-refractivity contribution in [1.29, 1.82) is 0 Å². The molecule has 0 aromatic carbocycles. The summed E-state index contributed by atoms with van der Waals surface area (Å²) in [5, 5.41) is 0. The van der Waals surface area contributed by atoms with Crippen LogP contribution in [-0.4, -0.2) is 24.8 Å². The van der Waals surface area contributed by atoms with Gasteiger partial charge in [0.05, 0.1) is 0 Å². The van der Waals surface area contributed by atoms with Gasteiger partial charge in [0.25, 0.3) is 0 Å². The molecule has 0 aromatic rings. The first-order valence-corrected chi connectivity index (χ1v) is 4.93. The average molecular weight is 181 g/mol. The summed E-state index contributed by atoms with van der Waals surface area (Å²) in [7, 11) is 3.94. The highest BCUT2D eigenvalue weighted by atomic mass is 16.1. The summed E-state index contributed by atoms with van der Waals surface area (Å²) in [5.41, 5.74) is 1.03. The molecule has 0 radical (unpaired) electrons. The Morgan fingerprint density at radius 2 is 2.08 bits per heavy atom. The van der Waals surface area contributed by atoms with Gasteiger partial charge in [-0.3, -0.25) is 4.79 Å². The summed E-state index contributed by atoms with van der Waals surface area (Å²) in [5.74, 6) is 1.40. The molecule has 1 unspecified atom stereocenters. The Kier molecular flexibility index (Phi) is 3.12. The minimum Gasteiger partial charge on any atom is -0.383 e. The highest BCUT2D eigenvalue weighted by molar-refractivity contribution is 5.97. The second kappa shape index (κ2) is 3.95. The van der Waals surface area contributed by atoms with Crippen molar-refractivity contribution in [2.45, 2.75) is 26.7 Å². The van der Waals surface area contributed by atoms with E-state index in [-0.39, 0.29) is 0 Å². The van der Waals surface area contributed by atoms with Crippen LogP contribution in [0.3, 0.4) is 0 Å². The maximum atomic E-state index is 11.5. The number of hydrogen-bond donors (Lipinski definition) is 0. The number of nitrogens with zero attached hydrogens (tertiary/aromatic N) is 1. The van der Waals surface area contributed by atoms with Gasteiger partial charge in [0.15, 0.2) is 5.78 Å². The zero-order chi connectivity index (χ0) is 10.0. The van der Waals surface area contributed by atoms with E-state index < -0.39 is 0 Å². The molecule has 2 nitrogen and oxygen atoms in total. The third-order valence-electron chi connectivity index (χ3n) is 2.61. The summed E-state index contributed by atoms with van der Waals surface area (Å²) in [6.07, 6.45) is 3.76. The van der Waals surface area contributed by atoms with Crippen molar-refractivity contribution in [1.82, 2.24) is 4.90 Å². The van der Waals surface area contributed by atoms with Gasteiger partial charge < -0.3 is 4.90 Å². The number of hydrogen-bond acceptors (Lipinski definition) is 2. The van der Waals surface area contributed by atoms with Crippen LogP contribution in [0.5, 0.6) is 0 Å². The minimum absolute atomic E-state index is 0.340. The Bertz CT molecular complexity index is 228. The molecule has 1 aliphatic carbocycles. The summed E-state index contributed by atoms with van der Waals surface area (Å²) in [6, 6.07) is 0. The standard InChI is InChI=1S/C11H19NO/c1-8(2)9-5-6-11(13)10(9)7-12(3)4/h7-9H,5-6H2,1-4H3/b10-7-. The lowest BCUT2D eigenvalue weighted by Gasteiger charge is -2.16. The minimum atomic E-state index is 0.340. The molecule has 13 heavy (non-hydrogen) atoms. The van der Waals surface area contributed by atoms with E-state index in [9.17, 15) is 4.79 Å². The first-order valence-electron chi connectivity index (χ1n) is 4.93. The zero-order valence-electron chi connectivity index (χ0n) is 9.00. The maximum Gasteiger partial charge on any atom is 0.160 e. The molecule has 0 amide bonds. The van der Waals surface area contributed by atoms with Gasteiger partial charge >= 0.3 is 0 Å². The Balaban J connectivity index is 2.83. The zero-order valence-corrected chi connectivity index (χ0v) is 9.00. The van der Waals surface area contributed by atoms with Crippen LogP contribution in [0, 0.1) is 11.8 Å². The summed E-state index contributed by atoms with van der Waals surface area (Å²) in [6.45, 7) is 4.37. The molecule has 1 fully saturated rings. The summed E-state index contributed by atoms with van der Waals surface area (Å²) < 4.78 is 0. The number of rotatable bonds is 2. The lowest BCUT2D eigenvalue weighted by atomic mass is 9.91. The maximum absolute atomic E-state index is 11.5. The van der Waals surface area contributed by atoms with Gasteiger partial charge in [-0.1, -0.05) is 13.8 Å². The van der Waals surface area contributed by atoms with Crippen LogP contribution in [0.15, 0.2) is 11.8 Å². The molecule has 0 heterocycles. The van der Waals surface area contributed by atoms with E-state index in [1.165, 1.54) is 0 Å². The molecule has 0 N–H and O–H groups in total. The van der Waals surface area contributed by atoms with Crippen molar-refractivity contribution in [2.75, 3.05) is 14.1 Å². The van der Waals surface area contributed by atoms with Crippen LogP contribution in [0.25, 0.3) is 0 Å². The molecule has 0 bridgehead atoms. The Morgan fingerprint density at radius 1 is 1.46 bits per heavy atom. The highest BCUT2D eigenvalue weighted by Gasteiger charge is 2.30. The van der Waals surface area contributed by atoms with Crippen molar-refractivity contribution in [3.8, 4) is 0 Å². The monoisotopic (exact) mass is 181 g/mol. The number of Topliss-reactive ketones (excluding diaryl/α,β-unsaturated/α-hetero) is 1. The smallest absolute Gasteiger partial charge is 0.160 e. The van der Waals surface area contributed by atoms with Crippen LogP contribution in [0.2, 0.25) is 0 Å². The van der Waals surface area contributed by atoms with Crippen molar-refractivity contribution >= 4 is 5.78 Å². The quantitative estimate of drug-likeness (QED) is 0.608. The Morgan fingerprint density at radius 3 is 2.54 bits per heavy atom. The van der Waals surface area contributed by atoms with Gasteiger partial charge in [0.2, 0.25) is 0 Å². The van der Waals surface area contributed by atoms with Gasteiger partial charge in [0, 0.05) is 32.3 Å². The summed E-state index contributed by atoms with van der Waals surface area (Å²) >= 11 is 0. The van der Waals surface area contributed by atoms with Crippen molar-refractivity contribution in [3.63, 3.8) is 0 Å². The third kappa shape index (κ3) is 2.33. The molecule has 1 aliphatic rings. The van der Waals surface area contributed by atoms with Crippen molar-refractivity contribution in [3.05, 3.63) is 11.8 Å². The first-order chi connectivity index (χ1) is 6.02. The van der Waals surface area contributed by atoms with Crippen molar-refractivity contribution in [2.24, 2.45) is 11.8 Å². The number of carbonyl (C=O) groups excluding carboxylic acids is 1. The number of allylic oxidation sites excluding steroid dienone is 1. The van der Waals surface area contributed by atoms with E-state index in [0.717, 1.165) is 18.4 Å². The lowest BCUT2D eigenvalue weighted by Crippen LogP contribution is -2.13. The van der Waals surface area contributed by atoms with Gasteiger partial charge in [-0.25, -0.2) is 0 Å². The highest BCUT2D eigenvalue weighted by Crippen LogP contribution is 2.33. The first kappa shape index (κ1) is 10.3. The second-order valence-corrected chi connectivity index (χ2v) is 4.36. The van der Waals surface area contributed by atoms with Crippen LogP contribution >= 0.6 is 0 Å². The Labute approximate surface area is 80.6 Å². The fraction of sp³-hybridized carbons (Fsp3) is 0.727. The van der Waals surface area contributed by atoms with Crippen LogP contribution in [0.1, 0.15) is 26.7 Å². The molecular formula is C11H19NO. The van der Waals surface area contributed by atoms with E-state index in [2.05, 4.69) is 13.8 Å². The predicted molar refractivity (Wildman–Crippen MR) is 54.3 cm³/mol. The molecule has 0 aliphatic heterocycles. The molecule has 1 rings (SSSR count). The van der Waals surface area contributed by atoms with E-state index in [1.54, 1.807) is 0 Å². The van der Waals surface area contributed by atoms with Gasteiger partial charge in [0.1, 0.15) is 0 Å². The summed E-state index contributed by atoms with van der Waals surface area (Å²) in [4.78, 5) is 13.5. The molecule has 0 spiro atoms. The normalized spacial score (nSPS) is 26.1. The van der Waals surface area contributed by atoms with Gasteiger partial charge in [-0.05, 0) is 18.3 Å². The molecule has 0 aromatic heterocycles.